The maximum atomic E-state index is 13.0. The maximum Gasteiger partial charge on any atom is 0.262 e. The monoisotopic (exact) mass is 449 g/mol. The SMILES string of the molecule is COc1cc(C(=O)Nc2ccc(OCC#N)cc2)ccc1OCC(=O)Nc1ccc(F)cc1. The van der Waals surface area contributed by atoms with Gasteiger partial charge in [0.1, 0.15) is 17.6 Å². The molecule has 3 aromatic carbocycles. The zero-order valence-corrected chi connectivity index (χ0v) is 17.6. The molecule has 33 heavy (non-hydrogen) atoms. The predicted octanol–water partition coefficient (Wildman–Crippen LogP) is 4.01. The Hall–Kier alpha value is -4.58. The van der Waals surface area contributed by atoms with Crippen molar-refractivity contribution in [1.29, 1.82) is 5.26 Å². The summed E-state index contributed by atoms with van der Waals surface area (Å²) in [6, 6.07) is 18.4. The Labute approximate surface area is 189 Å². The van der Waals surface area contributed by atoms with E-state index in [4.69, 9.17) is 19.5 Å². The summed E-state index contributed by atoms with van der Waals surface area (Å²) in [4.78, 5) is 24.6. The van der Waals surface area contributed by atoms with Gasteiger partial charge in [0.2, 0.25) is 0 Å². The molecule has 168 valence electrons. The van der Waals surface area contributed by atoms with E-state index in [0.717, 1.165) is 0 Å². The summed E-state index contributed by atoms with van der Waals surface area (Å²) in [6.45, 7) is -0.368. The van der Waals surface area contributed by atoms with Crippen molar-refractivity contribution in [2.75, 3.05) is 31.0 Å². The van der Waals surface area contributed by atoms with Gasteiger partial charge in [-0.3, -0.25) is 9.59 Å². The molecule has 0 heterocycles. The summed E-state index contributed by atoms with van der Waals surface area (Å²) < 4.78 is 28.9. The number of carbonyl (C=O) groups is 2. The first-order chi connectivity index (χ1) is 16.0. The van der Waals surface area contributed by atoms with Crippen LogP contribution in [0.25, 0.3) is 0 Å². The second-order valence-corrected chi connectivity index (χ2v) is 6.63. The van der Waals surface area contributed by atoms with Crippen LogP contribution < -0.4 is 24.8 Å². The van der Waals surface area contributed by atoms with Crippen molar-refractivity contribution in [3.8, 4) is 23.3 Å². The molecule has 2 N–H and O–H groups in total. The fourth-order valence-corrected chi connectivity index (χ4v) is 2.76. The van der Waals surface area contributed by atoms with Crippen LogP contribution in [0.3, 0.4) is 0 Å². The second-order valence-electron chi connectivity index (χ2n) is 6.63. The van der Waals surface area contributed by atoms with Crippen molar-refractivity contribution in [2.45, 2.75) is 0 Å². The highest BCUT2D eigenvalue weighted by Crippen LogP contribution is 2.28. The van der Waals surface area contributed by atoms with Crippen LogP contribution in [-0.4, -0.2) is 32.1 Å². The van der Waals surface area contributed by atoms with Crippen molar-refractivity contribution >= 4 is 23.2 Å². The van der Waals surface area contributed by atoms with Gasteiger partial charge in [0.05, 0.1) is 7.11 Å². The van der Waals surface area contributed by atoms with Crippen molar-refractivity contribution in [1.82, 2.24) is 0 Å². The number of halogens is 1. The van der Waals surface area contributed by atoms with Crippen LogP contribution in [0.1, 0.15) is 10.4 Å². The Bertz CT molecular complexity index is 1160. The number of hydrogen-bond acceptors (Lipinski definition) is 6. The summed E-state index contributed by atoms with van der Waals surface area (Å²) in [5, 5.41) is 13.9. The van der Waals surface area contributed by atoms with Gasteiger partial charge in [-0.15, -0.1) is 0 Å². The highest BCUT2D eigenvalue weighted by atomic mass is 19.1. The van der Waals surface area contributed by atoms with Gasteiger partial charge < -0.3 is 24.8 Å². The summed E-state index contributed by atoms with van der Waals surface area (Å²) in [6.07, 6.45) is 0. The highest BCUT2D eigenvalue weighted by molar-refractivity contribution is 6.04. The largest absolute Gasteiger partial charge is 0.493 e. The van der Waals surface area contributed by atoms with Crippen LogP contribution in [0.4, 0.5) is 15.8 Å². The fraction of sp³-hybridized carbons (Fsp3) is 0.125. The minimum atomic E-state index is -0.437. The first-order valence-electron chi connectivity index (χ1n) is 9.76. The van der Waals surface area contributed by atoms with E-state index in [1.807, 2.05) is 6.07 Å². The van der Waals surface area contributed by atoms with Crippen molar-refractivity contribution < 1.29 is 28.2 Å². The molecule has 3 aromatic rings. The standard InChI is InChI=1S/C24H20FN3O5/c1-31-22-14-16(24(30)28-19-7-9-20(10-8-19)32-13-12-26)2-11-21(22)33-15-23(29)27-18-5-3-17(25)4-6-18/h2-11,14H,13,15H2,1H3,(H,27,29)(H,28,30). The lowest BCUT2D eigenvalue weighted by molar-refractivity contribution is -0.118. The molecule has 9 heteroatoms. The maximum absolute atomic E-state index is 13.0. The number of carbonyl (C=O) groups excluding carboxylic acids is 2. The molecule has 0 saturated heterocycles. The third kappa shape index (κ3) is 6.70. The Kier molecular flexibility index (Phi) is 7.81. The average Bonchev–Trinajstić information content (AvgIpc) is 2.83. The third-order valence-electron chi connectivity index (χ3n) is 4.33. The number of benzene rings is 3. The normalized spacial score (nSPS) is 9.97. The molecule has 8 nitrogen and oxygen atoms in total. The number of methoxy groups -OCH3 is 1. The molecule has 0 aliphatic carbocycles. The molecular weight excluding hydrogens is 429 g/mol. The van der Waals surface area contributed by atoms with Gasteiger partial charge in [0.25, 0.3) is 11.8 Å². The van der Waals surface area contributed by atoms with Crippen LogP contribution in [0.2, 0.25) is 0 Å². The number of nitrogens with one attached hydrogen (secondary N) is 2. The van der Waals surface area contributed by atoms with E-state index in [9.17, 15) is 14.0 Å². The van der Waals surface area contributed by atoms with E-state index < -0.39 is 11.7 Å². The molecular formula is C24H20FN3O5. The highest BCUT2D eigenvalue weighted by Gasteiger charge is 2.13. The number of anilines is 2. The number of rotatable bonds is 9. The Balaban J connectivity index is 1.59. The summed E-state index contributed by atoms with van der Waals surface area (Å²) in [7, 11) is 1.42. The minimum Gasteiger partial charge on any atom is -0.493 e. The molecule has 0 aromatic heterocycles. The van der Waals surface area contributed by atoms with Crippen LogP contribution in [-0.2, 0) is 4.79 Å². The lowest BCUT2D eigenvalue weighted by Gasteiger charge is -2.13. The smallest absolute Gasteiger partial charge is 0.262 e. The van der Waals surface area contributed by atoms with E-state index in [2.05, 4.69) is 10.6 Å². The zero-order chi connectivity index (χ0) is 23.6. The topological polar surface area (TPSA) is 110 Å². The van der Waals surface area contributed by atoms with Crippen molar-refractivity contribution in [3.63, 3.8) is 0 Å². The number of amides is 2. The number of hydrogen-bond donors (Lipinski definition) is 2. The molecule has 0 spiro atoms. The molecule has 2 amide bonds. The molecule has 3 rings (SSSR count). The van der Waals surface area contributed by atoms with E-state index in [-0.39, 0.29) is 30.6 Å². The van der Waals surface area contributed by atoms with Gasteiger partial charge in [-0.2, -0.15) is 5.26 Å². The lowest BCUT2D eigenvalue weighted by atomic mass is 10.2. The molecule has 0 radical (unpaired) electrons. The quantitative estimate of drug-likeness (QED) is 0.511. The van der Waals surface area contributed by atoms with E-state index >= 15 is 0 Å². The van der Waals surface area contributed by atoms with Gasteiger partial charge in [-0.05, 0) is 66.7 Å². The summed E-state index contributed by atoms with van der Waals surface area (Å²) in [5.41, 5.74) is 1.30. The van der Waals surface area contributed by atoms with E-state index in [1.165, 1.54) is 49.6 Å². The molecule has 0 atom stereocenters. The predicted molar refractivity (Wildman–Crippen MR) is 119 cm³/mol. The molecule has 0 unspecified atom stereocenters. The van der Waals surface area contributed by atoms with Gasteiger partial charge in [-0.25, -0.2) is 4.39 Å². The van der Waals surface area contributed by atoms with Gasteiger partial charge in [0.15, 0.2) is 24.7 Å². The zero-order valence-electron chi connectivity index (χ0n) is 17.6. The van der Waals surface area contributed by atoms with Gasteiger partial charge in [-0.1, -0.05) is 0 Å². The van der Waals surface area contributed by atoms with Crippen LogP contribution in [0.5, 0.6) is 17.2 Å². The van der Waals surface area contributed by atoms with E-state index in [1.54, 1.807) is 24.3 Å². The van der Waals surface area contributed by atoms with Crippen LogP contribution in [0.15, 0.2) is 66.7 Å². The van der Waals surface area contributed by atoms with Crippen molar-refractivity contribution in [2.24, 2.45) is 0 Å². The lowest BCUT2D eigenvalue weighted by Crippen LogP contribution is -2.20. The first-order valence-corrected chi connectivity index (χ1v) is 9.76. The van der Waals surface area contributed by atoms with E-state index in [0.29, 0.717) is 22.7 Å². The third-order valence-corrected chi connectivity index (χ3v) is 4.33. The Morgan fingerprint density at radius 3 is 2.24 bits per heavy atom. The molecule has 0 saturated carbocycles. The number of nitrogens with zero attached hydrogens (tertiary/aromatic N) is 1. The second kappa shape index (κ2) is 11.2. The van der Waals surface area contributed by atoms with Gasteiger partial charge in [0, 0.05) is 16.9 Å². The molecule has 0 bridgehead atoms. The summed E-state index contributed by atoms with van der Waals surface area (Å²) >= 11 is 0. The Morgan fingerprint density at radius 2 is 1.58 bits per heavy atom. The molecule has 0 fully saturated rings. The summed E-state index contributed by atoms with van der Waals surface area (Å²) in [5.74, 6) is -0.145. The van der Waals surface area contributed by atoms with Crippen molar-refractivity contribution in [3.05, 3.63) is 78.1 Å². The molecule has 0 aliphatic heterocycles. The minimum absolute atomic E-state index is 0.0617. The number of ether oxygens (including phenoxy) is 3. The first kappa shape index (κ1) is 23.1. The van der Waals surface area contributed by atoms with Gasteiger partial charge >= 0.3 is 0 Å². The Morgan fingerprint density at radius 1 is 0.909 bits per heavy atom. The fourth-order valence-electron chi connectivity index (χ4n) is 2.76. The van der Waals surface area contributed by atoms with Crippen LogP contribution >= 0.6 is 0 Å². The molecule has 0 aliphatic rings. The average molecular weight is 449 g/mol. The van der Waals surface area contributed by atoms with Crippen LogP contribution in [0, 0.1) is 17.1 Å². The number of nitriles is 1.